The zero-order chi connectivity index (χ0) is 26.2. The number of carbonyl (C=O) groups excluding carboxylic acids is 2. The Labute approximate surface area is 222 Å². The van der Waals surface area contributed by atoms with Crippen molar-refractivity contribution >= 4 is 23.2 Å². The normalized spacial score (nSPS) is 18.5. The van der Waals surface area contributed by atoms with Gasteiger partial charge >= 0.3 is 0 Å². The Morgan fingerprint density at radius 1 is 0.946 bits per heavy atom. The standard InChI is InChI=1S/C30H34FN3O2S/c1-30(2,3)23-9-7-21(8-10-23)29(36)33-16-14-32(15-17-33)27(35)20-34-13-11-26-25(12-18-37-26)28(34)22-5-4-6-24(31)19-22/h4-10,12,18-19,28H,11,13-17,20H2,1-3H3. The zero-order valence-corrected chi connectivity index (χ0v) is 22.6. The quantitative estimate of drug-likeness (QED) is 0.481. The average molecular weight is 520 g/mol. The molecule has 1 atom stereocenters. The van der Waals surface area contributed by atoms with Gasteiger partial charge in [-0.1, -0.05) is 45.0 Å². The first kappa shape index (κ1) is 25.6. The molecule has 194 valence electrons. The third-order valence-electron chi connectivity index (χ3n) is 7.49. The summed E-state index contributed by atoms with van der Waals surface area (Å²) in [5.74, 6) is -0.193. The minimum atomic E-state index is -0.264. The van der Waals surface area contributed by atoms with Gasteiger partial charge in [0.15, 0.2) is 0 Å². The van der Waals surface area contributed by atoms with E-state index in [1.165, 1.54) is 22.1 Å². The first-order chi connectivity index (χ1) is 17.7. The molecule has 2 amide bonds. The van der Waals surface area contributed by atoms with E-state index in [-0.39, 0.29) is 35.6 Å². The summed E-state index contributed by atoms with van der Waals surface area (Å²) >= 11 is 1.73. The maximum Gasteiger partial charge on any atom is 0.253 e. The molecule has 1 fully saturated rings. The van der Waals surface area contributed by atoms with Crippen LogP contribution in [0.2, 0.25) is 0 Å². The van der Waals surface area contributed by atoms with Crippen molar-refractivity contribution in [3.8, 4) is 0 Å². The van der Waals surface area contributed by atoms with Gasteiger partial charge in [-0.15, -0.1) is 11.3 Å². The van der Waals surface area contributed by atoms with Crippen molar-refractivity contribution in [3.63, 3.8) is 0 Å². The Morgan fingerprint density at radius 2 is 1.65 bits per heavy atom. The fourth-order valence-electron chi connectivity index (χ4n) is 5.33. The Hall–Kier alpha value is -3.03. The molecule has 0 N–H and O–H groups in total. The van der Waals surface area contributed by atoms with Gasteiger partial charge in [-0.2, -0.15) is 0 Å². The van der Waals surface area contributed by atoms with Crippen LogP contribution in [0.25, 0.3) is 0 Å². The second-order valence-electron chi connectivity index (χ2n) is 11.0. The van der Waals surface area contributed by atoms with E-state index in [2.05, 4.69) is 37.1 Å². The summed E-state index contributed by atoms with van der Waals surface area (Å²) in [6.07, 6.45) is 0.891. The van der Waals surface area contributed by atoms with E-state index >= 15 is 0 Å². The fourth-order valence-corrected chi connectivity index (χ4v) is 6.24. The van der Waals surface area contributed by atoms with Crippen molar-refractivity contribution in [1.82, 2.24) is 14.7 Å². The molecule has 37 heavy (non-hydrogen) atoms. The van der Waals surface area contributed by atoms with Crippen LogP contribution in [0, 0.1) is 5.82 Å². The topological polar surface area (TPSA) is 43.9 Å². The molecule has 0 bridgehead atoms. The highest BCUT2D eigenvalue weighted by Gasteiger charge is 2.33. The van der Waals surface area contributed by atoms with Gasteiger partial charge in [0.25, 0.3) is 5.91 Å². The van der Waals surface area contributed by atoms with Gasteiger partial charge in [-0.3, -0.25) is 14.5 Å². The van der Waals surface area contributed by atoms with Crippen LogP contribution in [-0.2, 0) is 16.6 Å². The Morgan fingerprint density at radius 3 is 2.32 bits per heavy atom. The Bertz CT molecular complexity index is 1270. The van der Waals surface area contributed by atoms with E-state index in [9.17, 15) is 14.0 Å². The number of carbonyl (C=O) groups is 2. The molecule has 0 saturated carbocycles. The van der Waals surface area contributed by atoms with Crippen LogP contribution in [0.4, 0.5) is 4.39 Å². The molecule has 2 aromatic carbocycles. The van der Waals surface area contributed by atoms with Crippen LogP contribution in [0.1, 0.15) is 58.7 Å². The number of thiophene rings is 1. The molecule has 5 rings (SSSR count). The lowest BCUT2D eigenvalue weighted by Gasteiger charge is -2.39. The molecule has 0 radical (unpaired) electrons. The molecular weight excluding hydrogens is 485 g/mol. The molecule has 5 nitrogen and oxygen atoms in total. The lowest BCUT2D eigenvalue weighted by molar-refractivity contribution is -0.134. The molecule has 2 aliphatic rings. The van der Waals surface area contributed by atoms with E-state index in [4.69, 9.17) is 0 Å². The Balaban J connectivity index is 1.22. The van der Waals surface area contributed by atoms with Gasteiger partial charge in [0.05, 0.1) is 12.6 Å². The minimum Gasteiger partial charge on any atom is -0.338 e. The van der Waals surface area contributed by atoms with Crippen molar-refractivity contribution < 1.29 is 14.0 Å². The zero-order valence-electron chi connectivity index (χ0n) is 21.7. The van der Waals surface area contributed by atoms with Crippen LogP contribution in [0.15, 0.2) is 60.0 Å². The van der Waals surface area contributed by atoms with Crippen LogP contribution in [-0.4, -0.2) is 65.8 Å². The highest BCUT2D eigenvalue weighted by molar-refractivity contribution is 7.10. The molecule has 0 aliphatic carbocycles. The number of nitrogens with zero attached hydrogens (tertiary/aromatic N) is 3. The summed E-state index contributed by atoms with van der Waals surface area (Å²) in [6.45, 7) is 9.58. The summed E-state index contributed by atoms with van der Waals surface area (Å²) in [6, 6.07) is 16.5. The highest BCUT2D eigenvalue weighted by atomic mass is 32.1. The van der Waals surface area contributed by atoms with Crippen molar-refractivity contribution in [2.45, 2.75) is 38.6 Å². The van der Waals surface area contributed by atoms with Crippen molar-refractivity contribution in [2.24, 2.45) is 0 Å². The van der Waals surface area contributed by atoms with Crippen molar-refractivity contribution in [1.29, 1.82) is 0 Å². The Kier molecular flexibility index (Phi) is 7.19. The number of rotatable bonds is 4. The first-order valence-corrected chi connectivity index (χ1v) is 13.8. The number of piperazine rings is 1. The molecule has 3 aromatic rings. The SMILES string of the molecule is CC(C)(C)c1ccc(C(=O)N2CCN(C(=O)CN3CCc4sccc4C3c3cccc(F)c3)CC2)cc1. The number of amides is 2. The third-order valence-corrected chi connectivity index (χ3v) is 8.48. The summed E-state index contributed by atoms with van der Waals surface area (Å²) in [4.78, 5) is 33.6. The van der Waals surface area contributed by atoms with Crippen molar-refractivity contribution in [3.05, 3.63) is 92.9 Å². The van der Waals surface area contributed by atoms with E-state index < -0.39 is 0 Å². The second kappa shape index (κ2) is 10.4. The van der Waals surface area contributed by atoms with Crippen LogP contribution < -0.4 is 0 Å². The minimum absolute atomic E-state index is 0.0137. The van der Waals surface area contributed by atoms with Crippen LogP contribution in [0.5, 0.6) is 0 Å². The molecule has 2 aliphatic heterocycles. The molecule has 1 unspecified atom stereocenters. The number of hydrogen-bond donors (Lipinski definition) is 0. The maximum absolute atomic E-state index is 14.1. The van der Waals surface area contributed by atoms with E-state index in [1.807, 2.05) is 40.1 Å². The molecule has 1 saturated heterocycles. The highest BCUT2D eigenvalue weighted by Crippen LogP contribution is 2.37. The van der Waals surface area contributed by atoms with Crippen molar-refractivity contribution in [2.75, 3.05) is 39.3 Å². The van der Waals surface area contributed by atoms with Crippen LogP contribution in [0.3, 0.4) is 0 Å². The molecule has 7 heteroatoms. The fraction of sp³-hybridized carbons (Fsp3) is 0.400. The lowest BCUT2D eigenvalue weighted by atomic mass is 9.86. The number of benzene rings is 2. The summed E-state index contributed by atoms with van der Waals surface area (Å²) in [7, 11) is 0. The average Bonchev–Trinajstić information content (AvgIpc) is 3.36. The van der Waals surface area contributed by atoms with Gasteiger partial charge in [-0.25, -0.2) is 4.39 Å². The monoisotopic (exact) mass is 519 g/mol. The first-order valence-electron chi connectivity index (χ1n) is 12.9. The van der Waals surface area contributed by atoms with E-state index in [1.54, 1.807) is 23.5 Å². The number of halogens is 1. The molecule has 3 heterocycles. The summed E-state index contributed by atoms with van der Waals surface area (Å²) < 4.78 is 14.1. The summed E-state index contributed by atoms with van der Waals surface area (Å²) in [5.41, 5.74) is 3.97. The van der Waals surface area contributed by atoms with Gasteiger partial charge in [-0.05, 0) is 64.2 Å². The predicted octanol–water partition coefficient (Wildman–Crippen LogP) is 5.12. The van der Waals surface area contributed by atoms with Gasteiger partial charge in [0.1, 0.15) is 5.82 Å². The van der Waals surface area contributed by atoms with Gasteiger partial charge < -0.3 is 9.80 Å². The largest absolute Gasteiger partial charge is 0.338 e. The smallest absolute Gasteiger partial charge is 0.253 e. The molecular formula is C30H34FN3O2S. The molecule has 0 spiro atoms. The second-order valence-corrected chi connectivity index (χ2v) is 12.0. The maximum atomic E-state index is 14.1. The predicted molar refractivity (Wildman–Crippen MR) is 145 cm³/mol. The lowest BCUT2D eigenvalue weighted by Crippen LogP contribution is -2.53. The van der Waals surface area contributed by atoms with Gasteiger partial charge in [0.2, 0.25) is 5.91 Å². The molecule has 1 aromatic heterocycles. The van der Waals surface area contributed by atoms with E-state index in [0.29, 0.717) is 31.7 Å². The van der Waals surface area contributed by atoms with Crippen LogP contribution >= 0.6 is 11.3 Å². The number of fused-ring (bicyclic) bond motifs is 1. The van der Waals surface area contributed by atoms with Gasteiger partial charge in [0, 0.05) is 43.2 Å². The van der Waals surface area contributed by atoms with E-state index in [0.717, 1.165) is 18.5 Å². The third kappa shape index (κ3) is 5.48. The summed E-state index contributed by atoms with van der Waals surface area (Å²) in [5, 5.41) is 2.08. The number of hydrogen-bond acceptors (Lipinski definition) is 4.